The number of carbonyl (C=O) groups is 1. The van der Waals surface area contributed by atoms with Crippen LogP contribution in [0, 0.1) is 5.92 Å². The van der Waals surface area contributed by atoms with Gasteiger partial charge in [0.25, 0.3) is 0 Å². The monoisotopic (exact) mass is 306 g/mol. The lowest BCUT2D eigenvalue weighted by molar-refractivity contribution is -0.116. The van der Waals surface area contributed by atoms with Crippen molar-refractivity contribution >= 4 is 23.3 Å². The SMILES string of the molecule is C=C(/N=C(\C=C/C)C(=C\N(C)C)/C(=O)CC1CCC1)SC. The minimum absolute atomic E-state index is 0.180. The Balaban J connectivity index is 3.04. The molecule has 1 saturated carbocycles. The van der Waals surface area contributed by atoms with Gasteiger partial charge in [-0.2, -0.15) is 0 Å². The van der Waals surface area contributed by atoms with Crippen molar-refractivity contribution in [2.75, 3.05) is 20.4 Å². The Labute approximate surface area is 132 Å². The van der Waals surface area contributed by atoms with Crippen molar-refractivity contribution in [3.8, 4) is 0 Å². The summed E-state index contributed by atoms with van der Waals surface area (Å²) in [5, 5.41) is 0.712. The van der Waals surface area contributed by atoms with E-state index in [1.54, 1.807) is 0 Å². The first-order valence-electron chi connectivity index (χ1n) is 7.34. The van der Waals surface area contributed by atoms with E-state index in [2.05, 4.69) is 11.6 Å². The number of Topliss-reactive ketones (excluding diaryl/α,β-unsaturated/α-hetero) is 1. The van der Waals surface area contributed by atoms with Gasteiger partial charge in [-0.05, 0) is 25.2 Å². The van der Waals surface area contributed by atoms with Gasteiger partial charge in [0, 0.05) is 26.7 Å². The molecule has 0 spiro atoms. The quantitative estimate of drug-likeness (QED) is 0.501. The molecule has 0 atom stereocenters. The summed E-state index contributed by atoms with van der Waals surface area (Å²) in [5.74, 6) is 0.734. The van der Waals surface area contributed by atoms with E-state index in [4.69, 9.17) is 0 Å². The van der Waals surface area contributed by atoms with Crippen molar-refractivity contribution < 1.29 is 4.79 Å². The van der Waals surface area contributed by atoms with E-state index in [1.165, 1.54) is 31.0 Å². The number of hydrogen-bond donors (Lipinski definition) is 0. The Hall–Kier alpha value is -1.29. The van der Waals surface area contributed by atoms with E-state index in [9.17, 15) is 4.79 Å². The van der Waals surface area contributed by atoms with E-state index < -0.39 is 0 Å². The van der Waals surface area contributed by atoms with Crippen molar-refractivity contribution in [1.82, 2.24) is 4.90 Å². The van der Waals surface area contributed by atoms with Gasteiger partial charge < -0.3 is 4.90 Å². The maximum atomic E-state index is 12.6. The van der Waals surface area contributed by atoms with Crippen LogP contribution in [0.2, 0.25) is 0 Å². The maximum absolute atomic E-state index is 12.6. The van der Waals surface area contributed by atoms with Crippen LogP contribution < -0.4 is 0 Å². The molecule has 0 radical (unpaired) electrons. The topological polar surface area (TPSA) is 32.7 Å². The Morgan fingerprint density at radius 2 is 2.10 bits per heavy atom. The summed E-state index contributed by atoms with van der Waals surface area (Å²) in [5.41, 5.74) is 1.38. The van der Waals surface area contributed by atoms with Gasteiger partial charge in [-0.1, -0.05) is 31.9 Å². The summed E-state index contributed by atoms with van der Waals surface area (Å²) in [6, 6.07) is 0. The first-order chi connectivity index (χ1) is 9.97. The van der Waals surface area contributed by atoms with Gasteiger partial charge in [0.05, 0.1) is 16.3 Å². The average molecular weight is 306 g/mol. The molecule has 0 heterocycles. The third-order valence-electron chi connectivity index (χ3n) is 3.47. The van der Waals surface area contributed by atoms with Crippen LogP contribution >= 0.6 is 11.8 Å². The fraction of sp³-hybridized carbons (Fsp3) is 0.529. The lowest BCUT2D eigenvalue weighted by Gasteiger charge is -2.25. The second-order valence-corrected chi connectivity index (χ2v) is 6.41. The predicted molar refractivity (Wildman–Crippen MR) is 93.6 cm³/mol. The third-order valence-corrected chi connectivity index (χ3v) is 4.03. The van der Waals surface area contributed by atoms with Gasteiger partial charge in [-0.15, -0.1) is 11.8 Å². The molecule has 116 valence electrons. The molecule has 4 heteroatoms. The first kappa shape index (κ1) is 17.8. The van der Waals surface area contributed by atoms with Crippen molar-refractivity contribution in [2.45, 2.75) is 32.6 Å². The molecular weight excluding hydrogens is 280 g/mol. The van der Waals surface area contributed by atoms with E-state index in [0.29, 0.717) is 28.7 Å². The molecule has 0 saturated heterocycles. The van der Waals surface area contributed by atoms with Crippen molar-refractivity contribution in [3.05, 3.63) is 35.5 Å². The Morgan fingerprint density at radius 3 is 2.52 bits per heavy atom. The van der Waals surface area contributed by atoms with E-state index in [1.807, 2.05) is 50.5 Å². The van der Waals surface area contributed by atoms with Crippen LogP contribution in [0.15, 0.2) is 40.5 Å². The molecule has 0 bridgehead atoms. The highest BCUT2D eigenvalue weighted by molar-refractivity contribution is 8.02. The average Bonchev–Trinajstić information content (AvgIpc) is 2.39. The van der Waals surface area contributed by atoms with E-state index in [-0.39, 0.29) is 5.78 Å². The second kappa shape index (κ2) is 8.88. The van der Waals surface area contributed by atoms with Gasteiger partial charge in [0.2, 0.25) is 0 Å². The zero-order chi connectivity index (χ0) is 15.8. The van der Waals surface area contributed by atoms with Crippen LogP contribution in [-0.2, 0) is 4.79 Å². The Morgan fingerprint density at radius 1 is 1.43 bits per heavy atom. The molecule has 1 aliphatic carbocycles. The number of allylic oxidation sites excluding steroid dienone is 3. The largest absolute Gasteiger partial charge is 0.383 e. The smallest absolute Gasteiger partial charge is 0.166 e. The summed E-state index contributed by atoms with van der Waals surface area (Å²) in [7, 11) is 3.85. The fourth-order valence-electron chi connectivity index (χ4n) is 2.13. The molecule has 3 nitrogen and oxygen atoms in total. The second-order valence-electron chi connectivity index (χ2n) is 5.53. The number of nitrogens with zero attached hydrogens (tertiary/aromatic N) is 2. The number of rotatable bonds is 8. The summed E-state index contributed by atoms with van der Waals surface area (Å²) in [6.45, 7) is 5.83. The molecule has 0 unspecified atom stereocenters. The van der Waals surface area contributed by atoms with Crippen LogP contribution in [0.25, 0.3) is 0 Å². The van der Waals surface area contributed by atoms with Crippen molar-refractivity contribution in [1.29, 1.82) is 0 Å². The highest BCUT2D eigenvalue weighted by Crippen LogP contribution is 2.30. The summed E-state index contributed by atoms with van der Waals surface area (Å²) >= 11 is 1.49. The normalized spacial score (nSPS) is 17.0. The zero-order valence-electron chi connectivity index (χ0n) is 13.6. The molecule has 0 aromatic rings. The van der Waals surface area contributed by atoms with Crippen LogP contribution in [-0.4, -0.2) is 36.7 Å². The van der Waals surface area contributed by atoms with Gasteiger partial charge in [-0.3, -0.25) is 4.79 Å². The predicted octanol–water partition coefficient (Wildman–Crippen LogP) is 4.04. The van der Waals surface area contributed by atoms with Crippen LogP contribution in [0.4, 0.5) is 0 Å². The van der Waals surface area contributed by atoms with Gasteiger partial charge in [0.15, 0.2) is 5.78 Å². The number of carbonyl (C=O) groups excluding carboxylic acids is 1. The zero-order valence-corrected chi connectivity index (χ0v) is 14.4. The molecular formula is C17H26N2OS. The number of ketones is 1. The molecule has 1 fully saturated rings. The molecule has 21 heavy (non-hydrogen) atoms. The minimum atomic E-state index is 0.180. The highest BCUT2D eigenvalue weighted by atomic mass is 32.2. The van der Waals surface area contributed by atoms with Gasteiger partial charge in [0.1, 0.15) is 0 Å². The van der Waals surface area contributed by atoms with Crippen molar-refractivity contribution in [2.24, 2.45) is 10.9 Å². The maximum Gasteiger partial charge on any atom is 0.166 e. The molecule has 0 aromatic carbocycles. The van der Waals surface area contributed by atoms with Gasteiger partial charge >= 0.3 is 0 Å². The fourth-order valence-corrected chi connectivity index (χ4v) is 2.32. The standard InChI is InChI=1S/C17H26N2OS/c1-6-8-16(18-13(2)21-5)15(12-19(3)4)17(20)11-14-9-7-10-14/h6,8,12,14H,2,7,9-11H2,1,3-5H3/b8-6-,15-12+,18-16+. The molecule has 1 aliphatic rings. The number of hydrogen-bond acceptors (Lipinski definition) is 4. The lowest BCUT2D eigenvalue weighted by Crippen LogP contribution is -2.21. The first-order valence-corrected chi connectivity index (χ1v) is 8.56. The number of aliphatic imine (C=N–C) groups is 1. The van der Waals surface area contributed by atoms with Crippen molar-refractivity contribution in [3.63, 3.8) is 0 Å². The summed E-state index contributed by atoms with van der Waals surface area (Å²) in [6.07, 6.45) is 11.8. The molecule has 0 aliphatic heterocycles. The van der Waals surface area contributed by atoms with Crippen LogP contribution in [0.1, 0.15) is 32.6 Å². The Bertz CT molecular complexity index is 471. The lowest BCUT2D eigenvalue weighted by atomic mass is 9.80. The minimum Gasteiger partial charge on any atom is -0.383 e. The molecule has 0 amide bonds. The van der Waals surface area contributed by atoms with Gasteiger partial charge in [-0.25, -0.2) is 4.99 Å². The molecule has 0 aromatic heterocycles. The highest BCUT2D eigenvalue weighted by Gasteiger charge is 2.24. The van der Waals surface area contributed by atoms with E-state index >= 15 is 0 Å². The summed E-state index contributed by atoms with van der Waals surface area (Å²) in [4.78, 5) is 19.0. The van der Waals surface area contributed by atoms with Crippen LogP contribution in [0.5, 0.6) is 0 Å². The summed E-state index contributed by atoms with van der Waals surface area (Å²) < 4.78 is 0. The number of thioether (sulfide) groups is 1. The Kier molecular flexibility index (Phi) is 7.51. The van der Waals surface area contributed by atoms with E-state index in [0.717, 1.165) is 0 Å². The molecule has 0 N–H and O–H groups in total. The molecule has 1 rings (SSSR count). The van der Waals surface area contributed by atoms with Crippen LogP contribution in [0.3, 0.4) is 0 Å². The third kappa shape index (κ3) is 5.92.